The molecule has 7 nitrogen and oxygen atoms in total. The molecule has 0 aromatic heterocycles. The molecule has 1 aliphatic rings. The molecule has 3 aromatic rings. The molecule has 0 spiro atoms. The van der Waals surface area contributed by atoms with E-state index in [1.54, 1.807) is 48.5 Å². The Morgan fingerprint density at radius 2 is 1.60 bits per heavy atom. The van der Waals surface area contributed by atoms with E-state index in [-0.39, 0.29) is 10.8 Å². The predicted molar refractivity (Wildman–Crippen MR) is 114 cm³/mol. The van der Waals surface area contributed by atoms with Crippen LogP contribution in [0.15, 0.2) is 71.6 Å². The fourth-order valence-electron chi connectivity index (χ4n) is 2.98. The summed E-state index contributed by atoms with van der Waals surface area (Å²) in [4.78, 5) is 12.8. The third kappa shape index (κ3) is 4.38. The molecule has 4 rings (SSSR count). The van der Waals surface area contributed by atoms with E-state index in [4.69, 9.17) is 9.47 Å². The van der Waals surface area contributed by atoms with Crippen LogP contribution in [0.2, 0.25) is 0 Å². The molecule has 0 aliphatic carbocycles. The van der Waals surface area contributed by atoms with Crippen LogP contribution >= 0.6 is 0 Å². The first-order chi connectivity index (χ1) is 14.4. The van der Waals surface area contributed by atoms with Gasteiger partial charge in [0.15, 0.2) is 11.5 Å². The fraction of sp³-hybridized carbons (Fsp3) is 0.136. The number of aryl methyl sites for hydroxylation is 1. The van der Waals surface area contributed by atoms with Gasteiger partial charge in [-0.3, -0.25) is 9.52 Å². The maximum Gasteiger partial charge on any atom is 0.261 e. The first kappa shape index (κ1) is 19.8. The summed E-state index contributed by atoms with van der Waals surface area (Å²) >= 11 is 0. The van der Waals surface area contributed by atoms with E-state index < -0.39 is 10.0 Å². The maximum atomic E-state index is 12.6. The number of hydrogen-bond acceptors (Lipinski definition) is 5. The second-order valence-corrected chi connectivity index (χ2v) is 8.49. The lowest BCUT2D eigenvalue weighted by Gasteiger charge is -2.19. The van der Waals surface area contributed by atoms with Gasteiger partial charge >= 0.3 is 0 Å². The number of rotatable bonds is 5. The summed E-state index contributed by atoms with van der Waals surface area (Å²) in [6, 6.07) is 18.0. The molecule has 3 aromatic carbocycles. The Morgan fingerprint density at radius 1 is 0.867 bits per heavy atom. The van der Waals surface area contributed by atoms with Gasteiger partial charge < -0.3 is 14.8 Å². The Morgan fingerprint density at radius 3 is 2.37 bits per heavy atom. The molecule has 8 heteroatoms. The summed E-state index contributed by atoms with van der Waals surface area (Å²) in [5.41, 5.74) is 2.13. The molecular weight excluding hydrogens is 404 g/mol. The lowest BCUT2D eigenvalue weighted by atomic mass is 10.2. The van der Waals surface area contributed by atoms with Crippen LogP contribution in [0.5, 0.6) is 11.5 Å². The average molecular weight is 424 g/mol. The Bertz CT molecular complexity index is 1190. The Balaban J connectivity index is 1.50. The number of anilines is 2. The van der Waals surface area contributed by atoms with Gasteiger partial charge in [0.05, 0.1) is 4.90 Å². The van der Waals surface area contributed by atoms with Crippen molar-refractivity contribution in [3.63, 3.8) is 0 Å². The van der Waals surface area contributed by atoms with Crippen LogP contribution in [-0.2, 0) is 10.0 Å². The van der Waals surface area contributed by atoms with Crippen molar-refractivity contribution in [2.24, 2.45) is 0 Å². The van der Waals surface area contributed by atoms with Crippen molar-refractivity contribution in [3.8, 4) is 11.5 Å². The zero-order valence-corrected chi connectivity index (χ0v) is 17.0. The summed E-state index contributed by atoms with van der Waals surface area (Å²) < 4.78 is 38.7. The lowest BCUT2D eigenvalue weighted by Crippen LogP contribution is -2.17. The molecule has 1 aliphatic heterocycles. The van der Waals surface area contributed by atoms with Crippen molar-refractivity contribution in [2.75, 3.05) is 23.3 Å². The monoisotopic (exact) mass is 424 g/mol. The molecule has 154 valence electrons. The normalized spacial score (nSPS) is 12.8. The highest BCUT2D eigenvalue weighted by Gasteiger charge is 2.16. The van der Waals surface area contributed by atoms with E-state index in [0.717, 1.165) is 5.56 Å². The van der Waals surface area contributed by atoms with Gasteiger partial charge in [-0.25, -0.2) is 8.42 Å². The molecule has 1 heterocycles. The second-order valence-electron chi connectivity index (χ2n) is 6.81. The van der Waals surface area contributed by atoms with Crippen LogP contribution in [0.4, 0.5) is 11.4 Å². The van der Waals surface area contributed by atoms with Gasteiger partial charge in [0.25, 0.3) is 15.9 Å². The van der Waals surface area contributed by atoms with Crippen molar-refractivity contribution in [1.82, 2.24) is 0 Å². The highest BCUT2D eigenvalue weighted by molar-refractivity contribution is 7.92. The number of fused-ring (bicyclic) bond motifs is 1. The standard InChI is InChI=1S/C22H20N2O5S/c1-15-5-8-19(9-6-15)30(26,27)24-18-4-2-3-16(13-18)22(25)23-17-7-10-20-21(14-17)29-12-11-28-20/h2-10,13-14,24H,11-12H2,1H3,(H,23,25). The number of ether oxygens (including phenoxy) is 2. The van der Waals surface area contributed by atoms with Gasteiger partial charge in [0, 0.05) is 23.0 Å². The molecule has 0 fully saturated rings. The van der Waals surface area contributed by atoms with Crippen LogP contribution in [0, 0.1) is 6.92 Å². The SMILES string of the molecule is Cc1ccc(S(=O)(=O)Nc2cccc(C(=O)Nc3ccc4c(c3)OCCO4)c2)cc1. The molecule has 0 atom stereocenters. The topological polar surface area (TPSA) is 93.7 Å². The average Bonchev–Trinajstić information content (AvgIpc) is 2.74. The summed E-state index contributed by atoms with van der Waals surface area (Å²) in [6.45, 7) is 2.82. The second kappa shape index (κ2) is 8.08. The van der Waals surface area contributed by atoms with Gasteiger partial charge in [-0.15, -0.1) is 0 Å². The summed E-state index contributed by atoms with van der Waals surface area (Å²) in [5, 5.41) is 2.78. The molecule has 0 saturated carbocycles. The molecular formula is C22H20N2O5S. The predicted octanol–water partition coefficient (Wildman–Crippen LogP) is 3.82. The van der Waals surface area contributed by atoms with Crippen molar-refractivity contribution in [1.29, 1.82) is 0 Å². The lowest BCUT2D eigenvalue weighted by molar-refractivity contribution is 0.102. The summed E-state index contributed by atoms with van der Waals surface area (Å²) in [7, 11) is -3.75. The Kier molecular flexibility index (Phi) is 5.33. The molecule has 0 unspecified atom stereocenters. The van der Waals surface area contributed by atoms with Crippen molar-refractivity contribution < 1.29 is 22.7 Å². The molecule has 30 heavy (non-hydrogen) atoms. The van der Waals surface area contributed by atoms with Crippen molar-refractivity contribution in [3.05, 3.63) is 77.9 Å². The molecule has 0 bridgehead atoms. The number of amides is 1. The van der Waals surface area contributed by atoms with Crippen LogP contribution in [0.1, 0.15) is 15.9 Å². The third-order valence-corrected chi connectivity index (χ3v) is 5.91. The number of carbonyl (C=O) groups excluding carboxylic acids is 1. The van der Waals surface area contributed by atoms with E-state index in [1.807, 2.05) is 6.92 Å². The first-order valence-electron chi connectivity index (χ1n) is 9.31. The molecule has 2 N–H and O–H groups in total. The quantitative estimate of drug-likeness (QED) is 0.649. The van der Waals surface area contributed by atoms with E-state index in [2.05, 4.69) is 10.0 Å². The van der Waals surface area contributed by atoms with Crippen molar-refractivity contribution >= 4 is 27.3 Å². The fourth-order valence-corrected chi connectivity index (χ4v) is 4.03. The molecule has 0 radical (unpaired) electrons. The summed E-state index contributed by atoms with van der Waals surface area (Å²) in [5.74, 6) is 0.827. The number of hydrogen-bond donors (Lipinski definition) is 2. The van der Waals surface area contributed by atoms with Gasteiger partial charge in [-0.2, -0.15) is 0 Å². The largest absolute Gasteiger partial charge is 0.486 e. The van der Waals surface area contributed by atoms with Crippen LogP contribution in [0.25, 0.3) is 0 Å². The number of sulfonamides is 1. The van der Waals surface area contributed by atoms with E-state index in [1.165, 1.54) is 18.2 Å². The minimum absolute atomic E-state index is 0.152. The third-order valence-electron chi connectivity index (χ3n) is 4.51. The Labute approximate surface area is 174 Å². The highest BCUT2D eigenvalue weighted by Crippen LogP contribution is 2.32. The number of benzene rings is 3. The summed E-state index contributed by atoms with van der Waals surface area (Å²) in [6.07, 6.45) is 0. The number of carbonyl (C=O) groups is 1. The zero-order chi connectivity index (χ0) is 21.1. The van der Waals surface area contributed by atoms with Gasteiger partial charge in [0.2, 0.25) is 0 Å². The highest BCUT2D eigenvalue weighted by atomic mass is 32.2. The minimum Gasteiger partial charge on any atom is -0.486 e. The van der Waals surface area contributed by atoms with E-state index in [0.29, 0.717) is 41.7 Å². The van der Waals surface area contributed by atoms with Gasteiger partial charge in [0.1, 0.15) is 13.2 Å². The van der Waals surface area contributed by atoms with Crippen LogP contribution < -0.4 is 19.5 Å². The molecule has 1 amide bonds. The van der Waals surface area contributed by atoms with Gasteiger partial charge in [-0.05, 0) is 49.4 Å². The maximum absolute atomic E-state index is 12.6. The first-order valence-corrected chi connectivity index (χ1v) is 10.8. The van der Waals surface area contributed by atoms with E-state index in [9.17, 15) is 13.2 Å². The zero-order valence-electron chi connectivity index (χ0n) is 16.2. The van der Waals surface area contributed by atoms with Crippen LogP contribution in [0.3, 0.4) is 0 Å². The number of nitrogens with one attached hydrogen (secondary N) is 2. The van der Waals surface area contributed by atoms with E-state index >= 15 is 0 Å². The van der Waals surface area contributed by atoms with Crippen molar-refractivity contribution in [2.45, 2.75) is 11.8 Å². The minimum atomic E-state index is -3.75. The Hall–Kier alpha value is -3.52. The van der Waals surface area contributed by atoms with Gasteiger partial charge in [-0.1, -0.05) is 23.8 Å². The molecule has 0 saturated heterocycles. The smallest absolute Gasteiger partial charge is 0.261 e. The van der Waals surface area contributed by atoms with Crippen LogP contribution in [-0.4, -0.2) is 27.5 Å².